The molecule has 2 aromatic heterocycles. The molecular weight excluding hydrogens is 617 g/mol. The van der Waals surface area contributed by atoms with Crippen LogP contribution in [-0.4, -0.2) is 21.4 Å². The number of aromatic nitrogens is 2. The van der Waals surface area contributed by atoms with Gasteiger partial charge in [0.1, 0.15) is 47.2 Å². The van der Waals surface area contributed by atoms with Gasteiger partial charge >= 0.3 is 0 Å². The van der Waals surface area contributed by atoms with Crippen molar-refractivity contribution >= 4 is 55.5 Å². The maximum absolute atomic E-state index is 9.33. The summed E-state index contributed by atoms with van der Waals surface area (Å²) in [5.74, 6) is 1.67. The van der Waals surface area contributed by atoms with Crippen LogP contribution in [0.4, 0.5) is 10.3 Å². The molecule has 2 spiro atoms. The number of hydrogen-bond donors (Lipinski definition) is 0. The Bertz CT molecular complexity index is 1860. The third-order valence-electron chi connectivity index (χ3n) is 9.74. The van der Waals surface area contributed by atoms with Gasteiger partial charge in [0.15, 0.2) is 11.2 Å². The Labute approximate surface area is 273 Å². The van der Waals surface area contributed by atoms with Crippen LogP contribution in [0, 0.1) is 57.2 Å². The van der Waals surface area contributed by atoms with Crippen molar-refractivity contribution in [2.24, 2.45) is 21.8 Å². The number of nitriles is 4. The summed E-state index contributed by atoms with van der Waals surface area (Å²) in [6.45, 7) is 0. The molecule has 4 aliphatic carbocycles. The van der Waals surface area contributed by atoms with Crippen molar-refractivity contribution in [3.8, 4) is 24.3 Å². The van der Waals surface area contributed by atoms with Crippen LogP contribution in [0.3, 0.4) is 0 Å². The number of nitrogens with zero attached hydrogens (tertiary/aromatic N) is 8. The van der Waals surface area contributed by atoms with Crippen LogP contribution in [0.5, 0.6) is 0 Å². The van der Waals surface area contributed by atoms with Gasteiger partial charge in [-0.05, 0) is 63.5 Å². The number of hydrogen-bond acceptors (Lipinski definition) is 12. The highest BCUT2D eigenvalue weighted by atomic mass is 32.1. The SMILES string of the molecule is N#CC(C#N)=Nc1nc2c(s1)C1=CC3C=C4OC5(CCCCC5)c5nc(N=C(C#N)C#N)sc5C4=CC3C=C1OC21CCCCC1. The summed E-state index contributed by atoms with van der Waals surface area (Å²) in [5, 5.41) is 38.1. The number of thiazole rings is 2. The highest BCUT2D eigenvalue weighted by molar-refractivity contribution is 7.17. The van der Waals surface area contributed by atoms with E-state index in [1.165, 1.54) is 22.7 Å². The normalized spacial score (nSPS) is 23.9. The minimum absolute atomic E-state index is 0.00793. The molecule has 2 unspecified atom stereocenters. The second kappa shape index (κ2) is 10.9. The molecule has 8 rings (SSSR count). The first kappa shape index (κ1) is 28.6. The number of rotatable bonds is 2. The molecule has 4 heterocycles. The maximum atomic E-state index is 9.33. The molecule has 0 saturated heterocycles. The fraction of sp³-hybridized carbons (Fsp3) is 0.412. The molecule has 2 saturated carbocycles. The van der Waals surface area contributed by atoms with E-state index in [1.807, 2.05) is 24.3 Å². The summed E-state index contributed by atoms with van der Waals surface area (Å²) >= 11 is 2.81. The molecule has 0 radical (unpaired) electrons. The summed E-state index contributed by atoms with van der Waals surface area (Å²) < 4.78 is 13.8. The molecule has 12 heteroatoms. The smallest absolute Gasteiger partial charge is 0.220 e. The number of ether oxygens (including phenoxy) is 2. The third-order valence-corrected chi connectivity index (χ3v) is 11.7. The highest BCUT2D eigenvalue weighted by Crippen LogP contribution is 2.58. The van der Waals surface area contributed by atoms with Crippen molar-refractivity contribution in [1.29, 1.82) is 21.0 Å². The van der Waals surface area contributed by atoms with Gasteiger partial charge in [0, 0.05) is 23.0 Å². The summed E-state index contributed by atoms with van der Waals surface area (Å²) in [4.78, 5) is 20.2. The van der Waals surface area contributed by atoms with E-state index < -0.39 is 11.2 Å². The quantitative estimate of drug-likeness (QED) is 0.301. The van der Waals surface area contributed by atoms with Gasteiger partial charge in [0.2, 0.25) is 21.7 Å². The van der Waals surface area contributed by atoms with E-state index in [-0.39, 0.29) is 23.3 Å². The Kier molecular flexibility index (Phi) is 6.76. The second-order valence-electron chi connectivity index (χ2n) is 12.4. The predicted molar refractivity (Wildman–Crippen MR) is 172 cm³/mol. The Morgan fingerprint density at radius 1 is 0.630 bits per heavy atom. The minimum atomic E-state index is -0.561. The lowest BCUT2D eigenvalue weighted by molar-refractivity contribution is -0.0373. The van der Waals surface area contributed by atoms with Crippen LogP contribution >= 0.6 is 22.7 Å². The summed E-state index contributed by atoms with van der Waals surface area (Å²) in [6, 6.07) is 7.40. The van der Waals surface area contributed by atoms with Crippen LogP contribution in [0.2, 0.25) is 0 Å². The fourth-order valence-corrected chi connectivity index (χ4v) is 9.78. The first-order chi connectivity index (χ1) is 22.5. The van der Waals surface area contributed by atoms with Crippen LogP contribution in [0.15, 0.2) is 45.8 Å². The van der Waals surface area contributed by atoms with Crippen molar-refractivity contribution in [1.82, 2.24) is 9.97 Å². The monoisotopic (exact) mass is 642 g/mol. The standard InChI is InChI=1S/C34H26N8O2S2/c35-15-21(16-36)39-31-41-29-27(45-31)23-11-20-14-26-24(12-19(20)13-25(23)43-33(29)7-3-1-4-8-33)28-30(34(44-26)9-5-2-6-10-34)42-32(46-28)40-22(17-37)18-38/h11-14,19-20H,1-10H2. The van der Waals surface area contributed by atoms with Crippen molar-refractivity contribution in [2.75, 3.05) is 0 Å². The van der Waals surface area contributed by atoms with E-state index >= 15 is 0 Å². The predicted octanol–water partition coefficient (Wildman–Crippen LogP) is 7.71. The zero-order valence-electron chi connectivity index (χ0n) is 24.7. The second-order valence-corrected chi connectivity index (χ2v) is 14.4. The largest absolute Gasteiger partial charge is 0.481 e. The highest BCUT2D eigenvalue weighted by Gasteiger charge is 2.50. The van der Waals surface area contributed by atoms with Crippen LogP contribution in [0.25, 0.3) is 11.1 Å². The molecule has 226 valence electrons. The molecule has 2 fully saturated rings. The van der Waals surface area contributed by atoms with Crippen molar-refractivity contribution in [3.05, 3.63) is 57.0 Å². The molecule has 0 N–H and O–H groups in total. The zero-order chi connectivity index (χ0) is 31.5. The van der Waals surface area contributed by atoms with Gasteiger partial charge in [-0.25, -0.2) is 9.97 Å². The molecule has 2 aliphatic heterocycles. The Morgan fingerprint density at radius 3 is 1.39 bits per heavy atom. The van der Waals surface area contributed by atoms with Gasteiger partial charge in [0.25, 0.3) is 0 Å². The Balaban J connectivity index is 1.24. The average molecular weight is 643 g/mol. The molecule has 0 amide bonds. The van der Waals surface area contributed by atoms with Crippen molar-refractivity contribution in [3.63, 3.8) is 0 Å². The lowest BCUT2D eigenvalue weighted by Gasteiger charge is -2.45. The van der Waals surface area contributed by atoms with E-state index in [0.717, 1.165) is 108 Å². The van der Waals surface area contributed by atoms with E-state index in [0.29, 0.717) is 10.3 Å². The first-order valence-corrected chi connectivity index (χ1v) is 17.2. The van der Waals surface area contributed by atoms with Gasteiger partial charge in [-0.1, -0.05) is 47.7 Å². The zero-order valence-corrected chi connectivity index (χ0v) is 26.4. The van der Waals surface area contributed by atoms with Gasteiger partial charge in [-0.15, -0.1) is 0 Å². The molecule has 46 heavy (non-hydrogen) atoms. The first-order valence-electron chi connectivity index (χ1n) is 15.6. The molecule has 0 aromatic carbocycles. The van der Waals surface area contributed by atoms with E-state index in [9.17, 15) is 21.0 Å². The maximum Gasteiger partial charge on any atom is 0.220 e. The minimum Gasteiger partial charge on any atom is -0.481 e. The fourth-order valence-electron chi connectivity index (χ4n) is 7.65. The molecule has 10 nitrogen and oxygen atoms in total. The average Bonchev–Trinajstić information content (AvgIpc) is 3.72. The number of fused-ring (bicyclic) bond motifs is 9. The van der Waals surface area contributed by atoms with Gasteiger partial charge in [-0.2, -0.15) is 31.0 Å². The van der Waals surface area contributed by atoms with Crippen LogP contribution < -0.4 is 0 Å². The topological polar surface area (TPSA) is 164 Å². The van der Waals surface area contributed by atoms with Crippen molar-refractivity contribution < 1.29 is 9.47 Å². The lowest BCUT2D eigenvalue weighted by Crippen LogP contribution is -2.38. The van der Waals surface area contributed by atoms with Gasteiger partial charge in [-0.3, -0.25) is 0 Å². The number of allylic oxidation sites excluding steroid dienone is 6. The third kappa shape index (κ3) is 4.44. The summed E-state index contributed by atoms with van der Waals surface area (Å²) in [6.07, 6.45) is 18.7. The molecular formula is C34H26N8O2S2. The Hall–Kier alpha value is -4.88. The van der Waals surface area contributed by atoms with Crippen molar-refractivity contribution in [2.45, 2.75) is 75.4 Å². The molecule has 0 bridgehead atoms. The molecule has 6 aliphatic rings. The molecule has 2 atom stereocenters. The Morgan fingerprint density at radius 2 is 1.02 bits per heavy atom. The summed E-state index contributed by atoms with van der Waals surface area (Å²) in [7, 11) is 0. The van der Waals surface area contributed by atoms with E-state index in [1.54, 1.807) is 0 Å². The van der Waals surface area contributed by atoms with Crippen LogP contribution in [0.1, 0.15) is 85.4 Å². The lowest BCUT2D eigenvalue weighted by atomic mass is 9.73. The van der Waals surface area contributed by atoms with E-state index in [2.05, 4.69) is 34.3 Å². The molecule has 2 aromatic rings. The summed E-state index contributed by atoms with van der Waals surface area (Å²) in [5.41, 5.74) is 2.10. The number of aliphatic imine (C=N–C) groups is 2. The van der Waals surface area contributed by atoms with Crippen LogP contribution in [-0.2, 0) is 20.7 Å². The van der Waals surface area contributed by atoms with E-state index in [4.69, 9.17) is 19.4 Å². The van der Waals surface area contributed by atoms with Gasteiger partial charge in [0.05, 0.1) is 9.75 Å². The van der Waals surface area contributed by atoms with Gasteiger partial charge < -0.3 is 9.47 Å².